The lowest BCUT2D eigenvalue weighted by Gasteiger charge is -2.16. The van der Waals surface area contributed by atoms with Crippen LogP contribution in [0.4, 0.5) is 0 Å². The zero-order valence-corrected chi connectivity index (χ0v) is 11.9. The fraction of sp³-hybridized carbons (Fsp3) is 0.538. The molecule has 0 saturated heterocycles. The molecule has 1 aromatic carbocycles. The third-order valence-corrected chi connectivity index (χ3v) is 3.78. The van der Waals surface area contributed by atoms with E-state index < -0.39 is 15.9 Å². The van der Waals surface area contributed by atoms with Gasteiger partial charge in [0.05, 0.1) is 11.9 Å². The first-order valence-corrected chi connectivity index (χ1v) is 8.00. The van der Waals surface area contributed by atoms with Gasteiger partial charge in [-0.2, -0.15) is 0 Å². The number of aliphatic hydroxyl groups is 1. The van der Waals surface area contributed by atoms with Crippen LogP contribution in [0.25, 0.3) is 0 Å². The van der Waals surface area contributed by atoms with Gasteiger partial charge in [-0.05, 0) is 19.4 Å². The zero-order chi connectivity index (χ0) is 13.8. The summed E-state index contributed by atoms with van der Waals surface area (Å²) in [4.78, 5) is 0. The summed E-state index contributed by atoms with van der Waals surface area (Å²) in [6.07, 6.45) is 0.592. The lowest BCUT2D eigenvalue weighted by atomic mass is 10.1. The van der Waals surface area contributed by atoms with Crippen LogP contribution in [0, 0.1) is 6.92 Å². The maximum absolute atomic E-state index is 11.1. The van der Waals surface area contributed by atoms with E-state index in [9.17, 15) is 13.5 Å². The van der Waals surface area contributed by atoms with Gasteiger partial charge in [0.1, 0.15) is 9.84 Å². The molecule has 2 unspecified atom stereocenters. The second-order valence-corrected chi connectivity index (χ2v) is 7.01. The minimum atomic E-state index is -2.99. The highest BCUT2D eigenvalue weighted by molar-refractivity contribution is 7.90. The first-order chi connectivity index (χ1) is 8.28. The maximum Gasteiger partial charge on any atom is 0.148 e. The summed E-state index contributed by atoms with van der Waals surface area (Å²) < 4.78 is 22.2. The van der Waals surface area contributed by atoms with Crippen molar-refractivity contribution >= 4 is 9.84 Å². The molecule has 0 spiro atoms. The van der Waals surface area contributed by atoms with Crippen LogP contribution in [0.2, 0.25) is 0 Å². The molecule has 0 fully saturated rings. The second kappa shape index (κ2) is 6.31. The molecule has 4 nitrogen and oxygen atoms in total. The Kier molecular flexibility index (Phi) is 5.31. The van der Waals surface area contributed by atoms with Gasteiger partial charge in [0, 0.05) is 18.8 Å². The fourth-order valence-corrected chi connectivity index (χ4v) is 2.76. The molecule has 102 valence electrons. The van der Waals surface area contributed by atoms with E-state index in [1.807, 2.05) is 31.2 Å². The molecule has 0 aliphatic rings. The summed E-state index contributed by atoms with van der Waals surface area (Å²) in [6, 6.07) is 7.48. The van der Waals surface area contributed by atoms with E-state index in [2.05, 4.69) is 5.32 Å². The predicted octanol–water partition coefficient (Wildman–Crippen LogP) is 1.05. The van der Waals surface area contributed by atoms with Gasteiger partial charge in [-0.15, -0.1) is 0 Å². The standard InChI is InChI=1S/C13H21NO3S/c1-10-4-6-12(7-5-10)13(15)8-14-11(2)9-18(3,16)17/h4-7,11,13-15H,8-9H2,1-3H3. The Bertz CT molecular complexity index is 468. The molecule has 0 saturated carbocycles. The highest BCUT2D eigenvalue weighted by Gasteiger charge is 2.12. The molecule has 0 amide bonds. The van der Waals surface area contributed by atoms with Crippen molar-refractivity contribution in [1.82, 2.24) is 5.32 Å². The second-order valence-electron chi connectivity index (χ2n) is 4.83. The molecule has 0 heterocycles. The van der Waals surface area contributed by atoms with E-state index in [-0.39, 0.29) is 11.8 Å². The molecule has 1 rings (SSSR count). The van der Waals surface area contributed by atoms with Crippen LogP contribution in [-0.2, 0) is 9.84 Å². The van der Waals surface area contributed by atoms with Gasteiger partial charge in [-0.3, -0.25) is 0 Å². The smallest absolute Gasteiger partial charge is 0.148 e. The monoisotopic (exact) mass is 271 g/mol. The van der Waals surface area contributed by atoms with Crippen molar-refractivity contribution in [2.45, 2.75) is 26.0 Å². The Morgan fingerprint density at radius 2 is 1.83 bits per heavy atom. The molecule has 0 radical (unpaired) electrons. The van der Waals surface area contributed by atoms with Crippen molar-refractivity contribution in [3.63, 3.8) is 0 Å². The summed E-state index contributed by atoms with van der Waals surface area (Å²) in [6.45, 7) is 4.13. The number of benzene rings is 1. The number of aryl methyl sites for hydroxylation is 1. The SMILES string of the molecule is Cc1ccc(C(O)CNC(C)CS(C)(=O)=O)cc1. The first kappa shape index (κ1) is 15.1. The van der Waals surface area contributed by atoms with Gasteiger partial charge in [0.15, 0.2) is 0 Å². The van der Waals surface area contributed by atoms with Gasteiger partial charge in [0.25, 0.3) is 0 Å². The highest BCUT2D eigenvalue weighted by atomic mass is 32.2. The van der Waals surface area contributed by atoms with Crippen molar-refractivity contribution < 1.29 is 13.5 Å². The molecular weight excluding hydrogens is 250 g/mol. The third-order valence-electron chi connectivity index (χ3n) is 2.67. The minimum Gasteiger partial charge on any atom is -0.387 e. The zero-order valence-electron chi connectivity index (χ0n) is 11.1. The van der Waals surface area contributed by atoms with E-state index in [4.69, 9.17) is 0 Å². The Balaban J connectivity index is 2.46. The molecule has 18 heavy (non-hydrogen) atoms. The van der Waals surface area contributed by atoms with E-state index in [0.29, 0.717) is 6.54 Å². The molecule has 0 bridgehead atoms. The van der Waals surface area contributed by atoms with Crippen molar-refractivity contribution in [3.8, 4) is 0 Å². The van der Waals surface area contributed by atoms with Crippen molar-refractivity contribution in [1.29, 1.82) is 0 Å². The lowest BCUT2D eigenvalue weighted by Crippen LogP contribution is -2.35. The van der Waals surface area contributed by atoms with Gasteiger partial charge in [-0.25, -0.2) is 8.42 Å². The summed E-state index contributed by atoms with van der Waals surface area (Å²) >= 11 is 0. The molecule has 0 aliphatic heterocycles. The number of rotatable bonds is 6. The van der Waals surface area contributed by atoms with Crippen LogP contribution >= 0.6 is 0 Å². The largest absolute Gasteiger partial charge is 0.387 e. The maximum atomic E-state index is 11.1. The average Bonchev–Trinajstić information content (AvgIpc) is 2.24. The lowest BCUT2D eigenvalue weighted by molar-refractivity contribution is 0.171. The van der Waals surface area contributed by atoms with Gasteiger partial charge >= 0.3 is 0 Å². The van der Waals surface area contributed by atoms with Crippen LogP contribution in [0.3, 0.4) is 0 Å². The molecule has 5 heteroatoms. The molecule has 2 N–H and O–H groups in total. The van der Waals surface area contributed by atoms with E-state index in [1.165, 1.54) is 6.26 Å². The normalized spacial score (nSPS) is 15.3. The van der Waals surface area contributed by atoms with Crippen molar-refractivity contribution in [3.05, 3.63) is 35.4 Å². The van der Waals surface area contributed by atoms with Crippen molar-refractivity contribution in [2.24, 2.45) is 0 Å². The third kappa shape index (κ3) is 5.62. The molecular formula is C13H21NO3S. The number of nitrogens with one attached hydrogen (secondary N) is 1. The van der Waals surface area contributed by atoms with Gasteiger partial charge < -0.3 is 10.4 Å². The fourth-order valence-electron chi connectivity index (χ4n) is 1.73. The van der Waals surface area contributed by atoms with Gasteiger partial charge in [-0.1, -0.05) is 29.8 Å². The summed E-state index contributed by atoms with van der Waals surface area (Å²) in [7, 11) is -2.99. The van der Waals surface area contributed by atoms with Crippen LogP contribution < -0.4 is 5.32 Å². The Labute approximate surface area is 109 Å². The quantitative estimate of drug-likeness (QED) is 0.811. The van der Waals surface area contributed by atoms with E-state index >= 15 is 0 Å². The Hall–Kier alpha value is -0.910. The molecule has 0 aromatic heterocycles. The topological polar surface area (TPSA) is 66.4 Å². The molecule has 0 aliphatic carbocycles. The highest BCUT2D eigenvalue weighted by Crippen LogP contribution is 2.12. The number of sulfone groups is 1. The molecule has 1 aromatic rings. The Morgan fingerprint density at radius 3 is 2.33 bits per heavy atom. The summed E-state index contributed by atoms with van der Waals surface area (Å²) in [5, 5.41) is 13.0. The summed E-state index contributed by atoms with van der Waals surface area (Å²) in [5.41, 5.74) is 1.98. The van der Waals surface area contributed by atoms with E-state index in [0.717, 1.165) is 11.1 Å². The Morgan fingerprint density at radius 1 is 1.28 bits per heavy atom. The van der Waals surface area contributed by atoms with Crippen LogP contribution in [0.5, 0.6) is 0 Å². The number of hydrogen-bond donors (Lipinski definition) is 2. The van der Waals surface area contributed by atoms with Gasteiger partial charge in [0.2, 0.25) is 0 Å². The van der Waals surface area contributed by atoms with Crippen LogP contribution in [0.1, 0.15) is 24.2 Å². The number of hydrogen-bond acceptors (Lipinski definition) is 4. The molecule has 2 atom stereocenters. The first-order valence-electron chi connectivity index (χ1n) is 5.93. The average molecular weight is 271 g/mol. The van der Waals surface area contributed by atoms with Crippen LogP contribution in [-0.4, -0.2) is 38.1 Å². The minimum absolute atomic E-state index is 0.0770. The number of aliphatic hydroxyl groups excluding tert-OH is 1. The summed E-state index contributed by atoms with van der Waals surface area (Å²) in [5.74, 6) is 0.0770. The van der Waals surface area contributed by atoms with Crippen molar-refractivity contribution in [2.75, 3.05) is 18.6 Å². The van der Waals surface area contributed by atoms with Crippen LogP contribution in [0.15, 0.2) is 24.3 Å². The van der Waals surface area contributed by atoms with E-state index in [1.54, 1.807) is 6.92 Å². The predicted molar refractivity (Wildman–Crippen MR) is 73.3 cm³/mol.